The van der Waals surface area contributed by atoms with Gasteiger partial charge in [0, 0.05) is 12.5 Å². The van der Waals surface area contributed by atoms with Crippen molar-refractivity contribution in [2.24, 2.45) is 5.92 Å². The molecule has 0 bridgehead atoms. The molecule has 34 heavy (non-hydrogen) atoms. The zero-order chi connectivity index (χ0) is 24.9. The zero-order valence-corrected chi connectivity index (χ0v) is 18.4. The third kappa shape index (κ3) is 6.06. The number of alkyl halides is 3. The molecule has 3 N–H and O–H groups in total. The van der Waals surface area contributed by atoms with Crippen molar-refractivity contribution in [3.8, 4) is 11.1 Å². The summed E-state index contributed by atoms with van der Waals surface area (Å²) in [6.45, 7) is 1.45. The fourth-order valence-corrected chi connectivity index (χ4v) is 4.00. The number of ether oxygens (including phenoxy) is 1. The molecule has 2 aromatic rings. The summed E-state index contributed by atoms with van der Waals surface area (Å²) in [6.07, 6.45) is -7.05. The van der Waals surface area contributed by atoms with Gasteiger partial charge in [0.15, 0.2) is 0 Å². The van der Waals surface area contributed by atoms with Crippen LogP contribution < -0.4 is 10.6 Å². The molecule has 3 rings (SSSR count). The van der Waals surface area contributed by atoms with Crippen molar-refractivity contribution < 1.29 is 37.4 Å². The van der Waals surface area contributed by atoms with Gasteiger partial charge in [-0.2, -0.15) is 13.2 Å². The van der Waals surface area contributed by atoms with Crippen molar-refractivity contribution in [2.45, 2.75) is 37.9 Å². The highest BCUT2D eigenvalue weighted by atomic mass is 19.4. The van der Waals surface area contributed by atoms with Gasteiger partial charge < -0.3 is 20.5 Å². The number of fused-ring (bicyclic) bond motifs is 3. The number of aliphatic carboxylic acids is 1. The molecule has 1 aliphatic rings. The maximum Gasteiger partial charge on any atom is 0.407 e. The van der Waals surface area contributed by atoms with Crippen LogP contribution in [0.4, 0.5) is 18.0 Å². The summed E-state index contributed by atoms with van der Waals surface area (Å²) in [4.78, 5) is 35.6. The summed E-state index contributed by atoms with van der Waals surface area (Å²) in [6, 6.07) is 13.5. The Labute approximate surface area is 194 Å². The maximum absolute atomic E-state index is 12.6. The van der Waals surface area contributed by atoms with Crippen LogP contribution in [0.25, 0.3) is 11.1 Å². The smallest absolute Gasteiger partial charge is 0.407 e. The van der Waals surface area contributed by atoms with Crippen molar-refractivity contribution in [3.63, 3.8) is 0 Å². The van der Waals surface area contributed by atoms with E-state index in [2.05, 4.69) is 5.32 Å². The molecule has 0 aliphatic heterocycles. The van der Waals surface area contributed by atoms with E-state index >= 15 is 0 Å². The molecular weight excluding hydrogens is 453 g/mol. The summed E-state index contributed by atoms with van der Waals surface area (Å²) < 4.78 is 43.1. The molecule has 0 saturated heterocycles. The maximum atomic E-state index is 12.6. The molecule has 10 heteroatoms. The van der Waals surface area contributed by atoms with Gasteiger partial charge in [0.05, 0.1) is 12.3 Å². The van der Waals surface area contributed by atoms with Gasteiger partial charge in [0.2, 0.25) is 5.91 Å². The number of rotatable bonds is 9. The van der Waals surface area contributed by atoms with Crippen molar-refractivity contribution in [1.29, 1.82) is 0 Å². The summed E-state index contributed by atoms with van der Waals surface area (Å²) in [5, 5.41) is 13.3. The number of hydrogen-bond acceptors (Lipinski definition) is 4. The lowest BCUT2D eigenvalue weighted by atomic mass is 9.98. The minimum Gasteiger partial charge on any atom is -0.480 e. The number of benzene rings is 2. The SMILES string of the molecule is CCC(CNC(=O)OCC1c2ccccc2-c2ccccc21)C(=O)NC(CC(F)(F)F)C(=O)O. The highest BCUT2D eigenvalue weighted by Gasteiger charge is 2.37. The van der Waals surface area contributed by atoms with Crippen LogP contribution in [0.5, 0.6) is 0 Å². The van der Waals surface area contributed by atoms with Crippen LogP contribution in [0.3, 0.4) is 0 Å². The topological polar surface area (TPSA) is 105 Å². The van der Waals surface area contributed by atoms with Crippen molar-refractivity contribution in [2.75, 3.05) is 13.2 Å². The molecular formula is C24H25F3N2O5. The third-order valence-corrected chi connectivity index (χ3v) is 5.75. The minimum absolute atomic E-state index is 0.0650. The molecule has 0 aromatic heterocycles. The predicted octanol–water partition coefficient (Wildman–Crippen LogP) is 4.07. The molecule has 0 saturated carbocycles. The van der Waals surface area contributed by atoms with Gasteiger partial charge >= 0.3 is 18.2 Å². The van der Waals surface area contributed by atoms with Crippen LogP contribution >= 0.6 is 0 Å². The Hall–Kier alpha value is -3.56. The van der Waals surface area contributed by atoms with E-state index in [-0.39, 0.29) is 25.5 Å². The second-order valence-corrected chi connectivity index (χ2v) is 8.03. The fraction of sp³-hybridized carbons (Fsp3) is 0.375. The Bertz CT molecular complexity index is 1010. The Morgan fingerprint density at radius 2 is 1.59 bits per heavy atom. The van der Waals surface area contributed by atoms with Gasteiger partial charge in [0.25, 0.3) is 0 Å². The molecule has 2 aromatic carbocycles. The molecule has 2 atom stereocenters. The lowest BCUT2D eigenvalue weighted by Gasteiger charge is -2.21. The Balaban J connectivity index is 1.55. The Kier molecular flexibility index (Phi) is 7.80. The summed E-state index contributed by atoms with van der Waals surface area (Å²) in [7, 11) is 0. The van der Waals surface area contributed by atoms with Gasteiger partial charge in [-0.15, -0.1) is 0 Å². The highest BCUT2D eigenvalue weighted by Crippen LogP contribution is 2.44. The van der Waals surface area contributed by atoms with E-state index in [4.69, 9.17) is 9.84 Å². The zero-order valence-electron chi connectivity index (χ0n) is 18.4. The lowest BCUT2D eigenvalue weighted by molar-refractivity contribution is -0.160. The van der Waals surface area contributed by atoms with Crippen LogP contribution in [0.15, 0.2) is 48.5 Å². The van der Waals surface area contributed by atoms with Crippen molar-refractivity contribution in [1.82, 2.24) is 10.6 Å². The van der Waals surface area contributed by atoms with Crippen LogP contribution in [0.2, 0.25) is 0 Å². The standard InChI is InChI=1S/C24H25F3N2O5/c1-2-14(21(30)29-20(22(31)32)11-24(25,26)27)12-28-23(33)34-13-19-17-9-5-3-7-15(17)16-8-4-6-10-18(16)19/h3-10,14,19-20H,2,11-13H2,1H3,(H,28,33)(H,29,30)(H,31,32). The van der Waals surface area contributed by atoms with Gasteiger partial charge in [-0.1, -0.05) is 55.5 Å². The third-order valence-electron chi connectivity index (χ3n) is 5.75. The predicted molar refractivity (Wildman–Crippen MR) is 117 cm³/mol. The van der Waals surface area contributed by atoms with Crippen LogP contribution in [-0.2, 0) is 14.3 Å². The van der Waals surface area contributed by atoms with E-state index in [1.807, 2.05) is 53.8 Å². The average molecular weight is 478 g/mol. The normalized spacial score (nSPS) is 14.5. The Morgan fingerprint density at radius 1 is 1.03 bits per heavy atom. The first-order chi connectivity index (χ1) is 16.1. The fourth-order valence-electron chi connectivity index (χ4n) is 4.00. The number of hydrogen-bond donors (Lipinski definition) is 3. The number of amides is 2. The second-order valence-electron chi connectivity index (χ2n) is 8.03. The quantitative estimate of drug-likeness (QED) is 0.504. The van der Waals surface area contributed by atoms with Gasteiger partial charge in [-0.05, 0) is 28.7 Å². The van der Waals surface area contributed by atoms with E-state index in [1.165, 1.54) is 0 Å². The summed E-state index contributed by atoms with van der Waals surface area (Å²) in [5.41, 5.74) is 4.21. The number of alkyl carbamates (subject to hydrolysis) is 1. The first-order valence-corrected chi connectivity index (χ1v) is 10.8. The lowest BCUT2D eigenvalue weighted by Crippen LogP contribution is -2.48. The van der Waals surface area contributed by atoms with Crippen LogP contribution in [0.1, 0.15) is 36.8 Å². The number of carboxylic acids is 1. The number of halogens is 3. The molecule has 182 valence electrons. The first kappa shape index (κ1) is 25.1. The first-order valence-electron chi connectivity index (χ1n) is 10.8. The van der Waals surface area contributed by atoms with E-state index < -0.39 is 42.5 Å². The molecule has 0 radical (unpaired) electrons. The number of carboxylic acid groups (broad SMARTS) is 1. The molecule has 1 aliphatic carbocycles. The molecule has 7 nitrogen and oxygen atoms in total. The van der Waals surface area contributed by atoms with Crippen LogP contribution in [-0.4, -0.2) is 48.4 Å². The molecule has 0 spiro atoms. The molecule has 2 unspecified atom stereocenters. The van der Waals surface area contributed by atoms with E-state index in [0.29, 0.717) is 0 Å². The largest absolute Gasteiger partial charge is 0.480 e. The monoisotopic (exact) mass is 478 g/mol. The number of carbonyl (C=O) groups excluding carboxylic acids is 2. The highest BCUT2D eigenvalue weighted by molar-refractivity contribution is 5.85. The summed E-state index contributed by atoms with van der Waals surface area (Å²) in [5.74, 6) is -3.75. The van der Waals surface area contributed by atoms with E-state index in [9.17, 15) is 27.6 Å². The molecule has 2 amide bonds. The average Bonchev–Trinajstić information content (AvgIpc) is 3.10. The van der Waals surface area contributed by atoms with Crippen molar-refractivity contribution in [3.05, 3.63) is 59.7 Å². The number of carbonyl (C=O) groups is 3. The molecule has 0 heterocycles. The van der Waals surface area contributed by atoms with E-state index in [0.717, 1.165) is 22.3 Å². The minimum atomic E-state index is -4.75. The second kappa shape index (κ2) is 10.6. The van der Waals surface area contributed by atoms with E-state index in [1.54, 1.807) is 6.92 Å². The van der Waals surface area contributed by atoms with Gasteiger partial charge in [0.1, 0.15) is 12.6 Å². The van der Waals surface area contributed by atoms with Crippen molar-refractivity contribution >= 4 is 18.0 Å². The summed E-state index contributed by atoms with van der Waals surface area (Å²) >= 11 is 0. The Morgan fingerprint density at radius 3 is 2.09 bits per heavy atom. The van der Waals surface area contributed by atoms with Crippen LogP contribution in [0, 0.1) is 5.92 Å². The molecule has 0 fully saturated rings. The number of nitrogens with one attached hydrogen (secondary N) is 2. The van der Waals surface area contributed by atoms with Gasteiger partial charge in [-0.25, -0.2) is 9.59 Å². The van der Waals surface area contributed by atoms with Gasteiger partial charge in [-0.3, -0.25) is 4.79 Å².